The average molecular weight is 278 g/mol. The van der Waals surface area contributed by atoms with Crippen molar-refractivity contribution < 1.29 is 4.79 Å². The number of carbonyl (C=O) groups is 1. The van der Waals surface area contributed by atoms with Crippen LogP contribution in [0.5, 0.6) is 0 Å². The molecule has 0 aromatic rings. The molecule has 2 aliphatic heterocycles. The first-order chi connectivity index (χ1) is 9.37. The molecular formula is C17H30N2O. The summed E-state index contributed by atoms with van der Waals surface area (Å²) < 4.78 is 0. The molecule has 0 spiro atoms. The summed E-state index contributed by atoms with van der Waals surface area (Å²) in [4.78, 5) is 14.9. The first-order valence-corrected chi connectivity index (χ1v) is 8.37. The number of nitrogens with one attached hydrogen (secondary N) is 1. The molecule has 3 nitrogen and oxygen atoms in total. The van der Waals surface area contributed by atoms with E-state index in [4.69, 9.17) is 0 Å². The van der Waals surface area contributed by atoms with Gasteiger partial charge in [0.1, 0.15) is 0 Å². The lowest BCUT2D eigenvalue weighted by Crippen LogP contribution is -2.40. The summed E-state index contributed by atoms with van der Waals surface area (Å²) in [5.74, 6) is 0.989. The minimum Gasteiger partial charge on any atom is -0.339 e. The maximum Gasteiger partial charge on any atom is 0.223 e. The van der Waals surface area contributed by atoms with Crippen LogP contribution in [0.2, 0.25) is 0 Å². The van der Waals surface area contributed by atoms with E-state index in [-0.39, 0.29) is 0 Å². The van der Waals surface area contributed by atoms with Gasteiger partial charge < -0.3 is 10.2 Å². The lowest BCUT2D eigenvalue weighted by atomic mass is 9.65. The molecule has 1 amide bonds. The fourth-order valence-corrected chi connectivity index (χ4v) is 5.21. The Morgan fingerprint density at radius 3 is 2.80 bits per heavy atom. The van der Waals surface area contributed by atoms with Gasteiger partial charge in [-0.1, -0.05) is 20.8 Å². The quantitative estimate of drug-likeness (QED) is 0.842. The highest BCUT2D eigenvalue weighted by atomic mass is 16.2. The predicted molar refractivity (Wildman–Crippen MR) is 81.5 cm³/mol. The van der Waals surface area contributed by atoms with Crippen molar-refractivity contribution in [3.63, 3.8) is 0 Å². The topological polar surface area (TPSA) is 32.3 Å². The van der Waals surface area contributed by atoms with Crippen LogP contribution in [-0.4, -0.2) is 36.5 Å². The molecule has 0 radical (unpaired) electrons. The fourth-order valence-electron chi connectivity index (χ4n) is 5.21. The van der Waals surface area contributed by atoms with E-state index in [9.17, 15) is 4.79 Å². The van der Waals surface area contributed by atoms with Crippen molar-refractivity contribution in [1.82, 2.24) is 10.2 Å². The Bertz CT molecular complexity index is 386. The molecule has 1 aliphatic carbocycles. The van der Waals surface area contributed by atoms with Gasteiger partial charge in [-0.25, -0.2) is 0 Å². The van der Waals surface area contributed by atoms with Gasteiger partial charge in [-0.3, -0.25) is 4.79 Å². The van der Waals surface area contributed by atoms with Crippen LogP contribution in [0.25, 0.3) is 0 Å². The molecule has 1 saturated carbocycles. The van der Waals surface area contributed by atoms with E-state index in [0.717, 1.165) is 26.1 Å². The Kier molecular flexibility index (Phi) is 3.60. The summed E-state index contributed by atoms with van der Waals surface area (Å²) in [5, 5.41) is 3.43. The average Bonchev–Trinajstić information content (AvgIpc) is 2.60. The van der Waals surface area contributed by atoms with E-state index in [1.165, 1.54) is 32.1 Å². The molecule has 3 unspecified atom stereocenters. The Morgan fingerprint density at radius 2 is 2.10 bits per heavy atom. The smallest absolute Gasteiger partial charge is 0.223 e. The van der Waals surface area contributed by atoms with Crippen molar-refractivity contribution in [3.8, 4) is 0 Å². The van der Waals surface area contributed by atoms with Crippen LogP contribution in [0, 0.1) is 16.7 Å². The van der Waals surface area contributed by atoms with Gasteiger partial charge in [-0.05, 0) is 61.9 Å². The summed E-state index contributed by atoms with van der Waals surface area (Å²) in [7, 11) is 0. The number of nitrogens with zero attached hydrogens (tertiary/aromatic N) is 1. The summed E-state index contributed by atoms with van der Waals surface area (Å²) in [5.41, 5.74) is 0.770. The highest BCUT2D eigenvalue weighted by molar-refractivity contribution is 5.77. The Morgan fingerprint density at radius 1 is 1.30 bits per heavy atom. The van der Waals surface area contributed by atoms with Gasteiger partial charge >= 0.3 is 0 Å². The lowest BCUT2D eigenvalue weighted by Gasteiger charge is -2.39. The number of amides is 1. The van der Waals surface area contributed by atoms with Gasteiger partial charge in [0.25, 0.3) is 0 Å². The van der Waals surface area contributed by atoms with Gasteiger partial charge in [0, 0.05) is 19.0 Å². The molecule has 3 heteroatoms. The largest absolute Gasteiger partial charge is 0.339 e. The molecule has 2 bridgehead atoms. The van der Waals surface area contributed by atoms with Crippen molar-refractivity contribution in [2.24, 2.45) is 16.7 Å². The molecule has 3 aliphatic rings. The van der Waals surface area contributed by atoms with Crippen molar-refractivity contribution in [3.05, 3.63) is 0 Å². The maximum absolute atomic E-state index is 12.7. The molecular weight excluding hydrogens is 248 g/mol. The fraction of sp³-hybridized carbons (Fsp3) is 0.941. The lowest BCUT2D eigenvalue weighted by molar-refractivity contribution is -0.133. The van der Waals surface area contributed by atoms with Gasteiger partial charge in [-0.15, -0.1) is 0 Å². The molecule has 2 saturated heterocycles. The third-order valence-corrected chi connectivity index (χ3v) is 5.60. The molecule has 0 aromatic heterocycles. The van der Waals surface area contributed by atoms with Crippen LogP contribution >= 0.6 is 0 Å². The SMILES string of the molecule is CC1(C)CC2CC(C)(CN2C(=O)CC2CCCNC2)C1. The van der Waals surface area contributed by atoms with E-state index in [1.54, 1.807) is 0 Å². The van der Waals surface area contributed by atoms with Crippen LogP contribution in [0.1, 0.15) is 59.3 Å². The van der Waals surface area contributed by atoms with Crippen LogP contribution in [-0.2, 0) is 4.79 Å². The van der Waals surface area contributed by atoms with Gasteiger partial charge in [0.15, 0.2) is 0 Å². The first kappa shape index (κ1) is 14.4. The standard InChI is InChI=1S/C17H30N2O/c1-16(2)8-14-9-17(3,11-16)12-19(14)15(20)7-13-5-4-6-18-10-13/h13-14,18H,4-12H2,1-3H3. The zero-order chi connectivity index (χ0) is 14.4. The summed E-state index contributed by atoms with van der Waals surface area (Å²) in [6.07, 6.45) is 6.90. The summed E-state index contributed by atoms with van der Waals surface area (Å²) >= 11 is 0. The molecule has 20 heavy (non-hydrogen) atoms. The van der Waals surface area contributed by atoms with E-state index in [0.29, 0.717) is 28.7 Å². The molecule has 3 rings (SSSR count). The number of rotatable bonds is 2. The molecule has 114 valence electrons. The highest BCUT2D eigenvalue weighted by Crippen LogP contribution is 2.52. The third-order valence-electron chi connectivity index (χ3n) is 5.60. The van der Waals surface area contributed by atoms with Gasteiger partial charge in [0.2, 0.25) is 5.91 Å². The maximum atomic E-state index is 12.7. The number of hydrogen-bond acceptors (Lipinski definition) is 2. The Labute approximate surface area is 123 Å². The Balaban J connectivity index is 1.64. The van der Waals surface area contributed by atoms with E-state index < -0.39 is 0 Å². The van der Waals surface area contributed by atoms with Crippen molar-refractivity contribution in [2.75, 3.05) is 19.6 Å². The summed E-state index contributed by atoms with van der Waals surface area (Å²) in [6, 6.07) is 0.507. The highest BCUT2D eigenvalue weighted by Gasteiger charge is 2.50. The molecule has 3 atom stereocenters. The van der Waals surface area contributed by atoms with E-state index >= 15 is 0 Å². The van der Waals surface area contributed by atoms with Crippen molar-refractivity contribution in [1.29, 1.82) is 0 Å². The van der Waals surface area contributed by atoms with E-state index in [2.05, 4.69) is 31.0 Å². The normalized spacial score (nSPS) is 39.9. The van der Waals surface area contributed by atoms with Crippen LogP contribution in [0.4, 0.5) is 0 Å². The second-order valence-electron chi connectivity index (χ2n) is 8.65. The van der Waals surface area contributed by atoms with Crippen LogP contribution in [0.15, 0.2) is 0 Å². The van der Waals surface area contributed by atoms with Gasteiger partial charge in [-0.2, -0.15) is 0 Å². The number of fused-ring (bicyclic) bond motifs is 2. The minimum absolute atomic E-state index is 0.368. The predicted octanol–water partition coefficient (Wildman–Crippen LogP) is 2.80. The number of hydrogen-bond donors (Lipinski definition) is 1. The zero-order valence-electron chi connectivity index (χ0n) is 13.4. The molecule has 0 aromatic carbocycles. The molecule has 2 heterocycles. The van der Waals surface area contributed by atoms with Crippen LogP contribution < -0.4 is 5.32 Å². The Hall–Kier alpha value is -0.570. The van der Waals surface area contributed by atoms with Crippen molar-refractivity contribution >= 4 is 5.91 Å². The molecule has 3 fully saturated rings. The zero-order valence-corrected chi connectivity index (χ0v) is 13.4. The number of likely N-dealkylation sites (tertiary alicyclic amines) is 1. The number of piperidine rings is 1. The third kappa shape index (κ3) is 2.88. The second kappa shape index (κ2) is 5.01. The van der Waals surface area contributed by atoms with E-state index in [1.807, 2.05) is 0 Å². The van der Waals surface area contributed by atoms with Crippen LogP contribution in [0.3, 0.4) is 0 Å². The minimum atomic E-state index is 0.368. The number of carbonyl (C=O) groups excluding carboxylic acids is 1. The van der Waals surface area contributed by atoms with Gasteiger partial charge in [0.05, 0.1) is 0 Å². The monoisotopic (exact) mass is 278 g/mol. The second-order valence-corrected chi connectivity index (χ2v) is 8.65. The summed E-state index contributed by atoms with van der Waals surface area (Å²) in [6.45, 7) is 10.3. The molecule has 1 N–H and O–H groups in total. The first-order valence-electron chi connectivity index (χ1n) is 8.37. The van der Waals surface area contributed by atoms with Crippen molar-refractivity contribution in [2.45, 2.75) is 65.3 Å².